The van der Waals surface area contributed by atoms with E-state index in [4.69, 9.17) is 0 Å². The maximum absolute atomic E-state index is 12.7. The van der Waals surface area contributed by atoms with E-state index in [2.05, 4.69) is 19.6 Å². The Morgan fingerprint density at radius 1 is 1.27 bits per heavy atom. The molecule has 7 heteroatoms. The van der Waals surface area contributed by atoms with Gasteiger partial charge in [0.15, 0.2) is 0 Å². The molecule has 0 spiro atoms. The van der Waals surface area contributed by atoms with Gasteiger partial charge in [-0.3, -0.25) is 14.5 Å². The standard InChI is InChI=1S/C19H22N6O/c1-23-13-17(11-22-23)19(26)25-9-2-3-16(14-25)18-21-8-10-24(18)12-15-4-6-20-7-5-15/h4-8,10-11,13,16H,2-3,9,12,14H2,1H3/t16-/m1/s1. The number of imidazole rings is 1. The van der Waals surface area contributed by atoms with Crippen molar-refractivity contribution in [2.75, 3.05) is 13.1 Å². The van der Waals surface area contributed by atoms with E-state index in [0.717, 1.165) is 31.8 Å². The van der Waals surface area contributed by atoms with Crippen LogP contribution in [0.3, 0.4) is 0 Å². The fraction of sp³-hybridized carbons (Fsp3) is 0.368. The first kappa shape index (κ1) is 16.5. The number of rotatable bonds is 4. The molecular weight excluding hydrogens is 328 g/mol. The van der Waals surface area contributed by atoms with E-state index in [-0.39, 0.29) is 11.8 Å². The van der Waals surface area contributed by atoms with Gasteiger partial charge in [0, 0.05) is 63.6 Å². The number of carbonyl (C=O) groups excluding carboxylic acids is 1. The van der Waals surface area contributed by atoms with Crippen LogP contribution in [0.2, 0.25) is 0 Å². The zero-order valence-corrected chi connectivity index (χ0v) is 14.8. The lowest BCUT2D eigenvalue weighted by Crippen LogP contribution is -2.39. The molecule has 0 saturated carbocycles. The molecule has 4 heterocycles. The summed E-state index contributed by atoms with van der Waals surface area (Å²) in [5.41, 5.74) is 1.84. The topological polar surface area (TPSA) is 68.8 Å². The molecule has 134 valence electrons. The van der Waals surface area contributed by atoms with Gasteiger partial charge in [0.05, 0.1) is 11.8 Å². The molecule has 1 atom stereocenters. The van der Waals surface area contributed by atoms with Crippen LogP contribution in [0.15, 0.2) is 49.3 Å². The number of pyridine rings is 1. The van der Waals surface area contributed by atoms with Crippen molar-refractivity contribution >= 4 is 5.91 Å². The van der Waals surface area contributed by atoms with E-state index >= 15 is 0 Å². The molecule has 0 radical (unpaired) electrons. The highest BCUT2D eigenvalue weighted by atomic mass is 16.2. The van der Waals surface area contributed by atoms with Crippen molar-refractivity contribution in [1.82, 2.24) is 29.2 Å². The highest BCUT2D eigenvalue weighted by molar-refractivity contribution is 5.93. The minimum Gasteiger partial charge on any atom is -0.338 e. The number of hydrogen-bond donors (Lipinski definition) is 0. The number of amides is 1. The second-order valence-corrected chi connectivity index (χ2v) is 6.76. The third-order valence-corrected chi connectivity index (χ3v) is 4.88. The molecule has 3 aromatic heterocycles. The molecule has 0 aromatic carbocycles. The van der Waals surface area contributed by atoms with E-state index < -0.39 is 0 Å². The normalized spacial score (nSPS) is 17.4. The van der Waals surface area contributed by atoms with Crippen LogP contribution in [0.5, 0.6) is 0 Å². The molecular formula is C19H22N6O. The van der Waals surface area contributed by atoms with Crippen LogP contribution in [0.25, 0.3) is 0 Å². The molecule has 7 nitrogen and oxygen atoms in total. The van der Waals surface area contributed by atoms with Crippen molar-refractivity contribution in [2.45, 2.75) is 25.3 Å². The third kappa shape index (κ3) is 3.37. The van der Waals surface area contributed by atoms with E-state index in [9.17, 15) is 4.79 Å². The second kappa shape index (κ2) is 7.11. The predicted octanol–water partition coefficient (Wildman–Crippen LogP) is 2.08. The van der Waals surface area contributed by atoms with Crippen molar-refractivity contribution in [2.24, 2.45) is 7.05 Å². The minimum absolute atomic E-state index is 0.0510. The van der Waals surface area contributed by atoms with Crippen molar-refractivity contribution in [3.63, 3.8) is 0 Å². The molecule has 0 unspecified atom stereocenters. The molecule has 4 rings (SSSR count). The van der Waals surface area contributed by atoms with Crippen LogP contribution in [0.1, 0.15) is 40.5 Å². The first-order chi connectivity index (χ1) is 12.7. The number of aromatic nitrogens is 5. The SMILES string of the molecule is Cn1cc(C(=O)N2CCC[C@@H](c3nccn3Cc3ccncc3)C2)cn1. The number of carbonyl (C=O) groups is 1. The van der Waals surface area contributed by atoms with E-state index in [0.29, 0.717) is 12.1 Å². The highest BCUT2D eigenvalue weighted by Gasteiger charge is 2.28. The third-order valence-electron chi connectivity index (χ3n) is 4.88. The lowest BCUT2D eigenvalue weighted by molar-refractivity contribution is 0.0703. The zero-order valence-electron chi connectivity index (χ0n) is 14.8. The largest absolute Gasteiger partial charge is 0.338 e. The van der Waals surface area contributed by atoms with Gasteiger partial charge in [0.2, 0.25) is 0 Å². The quantitative estimate of drug-likeness (QED) is 0.722. The molecule has 0 bridgehead atoms. The average molecular weight is 350 g/mol. The van der Waals surface area contributed by atoms with Gasteiger partial charge < -0.3 is 9.47 Å². The zero-order chi connectivity index (χ0) is 17.9. The Morgan fingerprint density at radius 3 is 2.88 bits per heavy atom. The molecule has 1 amide bonds. The maximum atomic E-state index is 12.7. The summed E-state index contributed by atoms with van der Waals surface area (Å²) >= 11 is 0. The van der Waals surface area contributed by atoms with Gasteiger partial charge in [-0.05, 0) is 30.5 Å². The van der Waals surface area contributed by atoms with E-state index in [1.807, 2.05) is 36.5 Å². The molecule has 0 N–H and O–H groups in total. The molecule has 1 aliphatic heterocycles. The maximum Gasteiger partial charge on any atom is 0.257 e. The summed E-state index contributed by atoms with van der Waals surface area (Å²) in [6.07, 6.45) is 12.9. The Kier molecular flexibility index (Phi) is 4.51. The fourth-order valence-electron chi connectivity index (χ4n) is 3.59. The number of likely N-dealkylation sites (tertiary alicyclic amines) is 1. The van der Waals surface area contributed by atoms with Crippen LogP contribution in [0, 0.1) is 0 Å². The summed E-state index contributed by atoms with van der Waals surface area (Å²) in [7, 11) is 1.83. The van der Waals surface area contributed by atoms with Crippen molar-refractivity contribution < 1.29 is 4.79 Å². The Bertz CT molecular complexity index is 884. The predicted molar refractivity (Wildman–Crippen MR) is 96.7 cm³/mol. The smallest absolute Gasteiger partial charge is 0.257 e. The summed E-state index contributed by atoms with van der Waals surface area (Å²) in [4.78, 5) is 23.3. The van der Waals surface area contributed by atoms with Crippen LogP contribution in [0.4, 0.5) is 0 Å². The Balaban J connectivity index is 1.50. The lowest BCUT2D eigenvalue weighted by Gasteiger charge is -2.32. The Hall–Kier alpha value is -2.96. The summed E-state index contributed by atoms with van der Waals surface area (Å²) in [6, 6.07) is 4.03. The first-order valence-corrected chi connectivity index (χ1v) is 8.88. The Labute approximate surface area is 152 Å². The molecule has 3 aromatic rings. The average Bonchev–Trinajstić information content (AvgIpc) is 3.31. The van der Waals surface area contributed by atoms with E-state index in [1.165, 1.54) is 5.56 Å². The number of nitrogens with zero attached hydrogens (tertiary/aromatic N) is 6. The number of piperidine rings is 1. The summed E-state index contributed by atoms with van der Waals surface area (Å²) in [5.74, 6) is 1.35. The second-order valence-electron chi connectivity index (χ2n) is 6.76. The summed E-state index contributed by atoms with van der Waals surface area (Å²) < 4.78 is 3.84. The fourth-order valence-corrected chi connectivity index (χ4v) is 3.59. The molecule has 1 fully saturated rings. The van der Waals surface area contributed by atoms with E-state index in [1.54, 1.807) is 29.5 Å². The molecule has 0 aliphatic carbocycles. The lowest BCUT2D eigenvalue weighted by atomic mass is 9.96. The molecule has 1 aliphatic rings. The molecule has 26 heavy (non-hydrogen) atoms. The highest BCUT2D eigenvalue weighted by Crippen LogP contribution is 2.27. The monoisotopic (exact) mass is 350 g/mol. The van der Waals surface area contributed by atoms with Crippen LogP contribution in [-0.4, -0.2) is 48.2 Å². The molecule has 1 saturated heterocycles. The van der Waals surface area contributed by atoms with Crippen molar-refractivity contribution in [3.05, 3.63) is 66.3 Å². The van der Waals surface area contributed by atoms with Crippen molar-refractivity contribution in [3.8, 4) is 0 Å². The van der Waals surface area contributed by atoms with Gasteiger partial charge in [-0.15, -0.1) is 0 Å². The minimum atomic E-state index is 0.0510. The van der Waals surface area contributed by atoms with Gasteiger partial charge in [-0.25, -0.2) is 4.98 Å². The van der Waals surface area contributed by atoms with Gasteiger partial charge in [-0.1, -0.05) is 0 Å². The summed E-state index contributed by atoms with van der Waals surface area (Å²) in [5, 5.41) is 4.11. The Morgan fingerprint density at radius 2 is 2.12 bits per heavy atom. The van der Waals surface area contributed by atoms with Crippen LogP contribution >= 0.6 is 0 Å². The van der Waals surface area contributed by atoms with Gasteiger partial charge in [0.1, 0.15) is 5.82 Å². The number of hydrogen-bond acceptors (Lipinski definition) is 4. The van der Waals surface area contributed by atoms with Gasteiger partial charge in [0.25, 0.3) is 5.91 Å². The van der Waals surface area contributed by atoms with Crippen molar-refractivity contribution in [1.29, 1.82) is 0 Å². The van der Waals surface area contributed by atoms with Crippen LogP contribution < -0.4 is 0 Å². The summed E-state index contributed by atoms with van der Waals surface area (Å²) in [6.45, 7) is 2.25. The first-order valence-electron chi connectivity index (χ1n) is 8.88. The van der Waals surface area contributed by atoms with Gasteiger partial charge >= 0.3 is 0 Å². The van der Waals surface area contributed by atoms with Crippen LogP contribution in [-0.2, 0) is 13.6 Å². The van der Waals surface area contributed by atoms with Gasteiger partial charge in [-0.2, -0.15) is 5.10 Å². The number of aryl methyl sites for hydroxylation is 1.